The zero-order valence-electron chi connectivity index (χ0n) is 19.3. The maximum atomic E-state index is 14.2. The molecular formula is C28H21N3O5. The lowest BCUT2D eigenvalue weighted by Crippen LogP contribution is -2.46. The quantitative estimate of drug-likeness (QED) is 0.229. The van der Waals surface area contributed by atoms with Crippen molar-refractivity contribution < 1.29 is 19.2 Å². The number of hydrogen-bond acceptors (Lipinski definition) is 7. The molecule has 1 fully saturated rings. The third kappa shape index (κ3) is 3.28. The van der Waals surface area contributed by atoms with E-state index in [1.54, 1.807) is 35.2 Å². The highest BCUT2D eigenvalue weighted by Gasteiger charge is 2.67. The van der Waals surface area contributed by atoms with Crippen molar-refractivity contribution in [2.45, 2.75) is 18.0 Å². The number of fused-ring (bicyclic) bond motifs is 3. The van der Waals surface area contributed by atoms with Crippen molar-refractivity contribution in [1.29, 1.82) is 5.26 Å². The molecule has 8 nitrogen and oxygen atoms in total. The number of benzene rings is 3. The van der Waals surface area contributed by atoms with Gasteiger partial charge in [0.15, 0.2) is 11.2 Å². The summed E-state index contributed by atoms with van der Waals surface area (Å²) < 4.78 is 5.18. The second kappa shape index (κ2) is 8.78. The summed E-state index contributed by atoms with van der Waals surface area (Å²) in [4.78, 5) is 40.4. The van der Waals surface area contributed by atoms with Gasteiger partial charge in [-0.25, -0.2) is 0 Å². The molecule has 2 heterocycles. The van der Waals surface area contributed by atoms with Crippen molar-refractivity contribution in [1.82, 2.24) is 0 Å². The fourth-order valence-electron chi connectivity index (χ4n) is 5.51. The van der Waals surface area contributed by atoms with Gasteiger partial charge < -0.3 is 9.64 Å². The van der Waals surface area contributed by atoms with Crippen LogP contribution < -0.4 is 4.90 Å². The number of ketones is 1. The van der Waals surface area contributed by atoms with Crippen molar-refractivity contribution in [2.75, 3.05) is 12.0 Å². The lowest BCUT2D eigenvalue weighted by Gasteiger charge is -2.36. The number of non-ortho nitro benzene ring substituents is 1. The molecule has 0 aliphatic carbocycles. The topological polar surface area (TPSA) is 114 Å². The fraction of sp³-hybridized carbons (Fsp3) is 0.179. The van der Waals surface area contributed by atoms with Crippen LogP contribution in [0.4, 0.5) is 11.4 Å². The molecular weight excluding hydrogens is 458 g/mol. The molecule has 36 heavy (non-hydrogen) atoms. The number of nitro benzene ring substituents is 1. The number of nitrogens with zero attached hydrogens (tertiary/aromatic N) is 3. The Morgan fingerprint density at radius 2 is 1.78 bits per heavy atom. The molecule has 0 N–H and O–H groups in total. The number of carbonyl (C=O) groups excluding carboxylic acids is 2. The maximum absolute atomic E-state index is 14.2. The molecule has 0 aromatic heterocycles. The zero-order chi connectivity index (χ0) is 25.4. The Labute approximate surface area is 207 Å². The first kappa shape index (κ1) is 23.0. The molecule has 8 heteroatoms. The molecule has 4 atom stereocenters. The molecule has 2 aliphatic heterocycles. The van der Waals surface area contributed by atoms with Crippen LogP contribution in [0, 0.1) is 26.9 Å². The van der Waals surface area contributed by atoms with Gasteiger partial charge in [0, 0.05) is 29.3 Å². The van der Waals surface area contributed by atoms with Gasteiger partial charge in [-0.1, -0.05) is 72.8 Å². The minimum Gasteiger partial charge on any atom is -0.468 e. The summed E-state index contributed by atoms with van der Waals surface area (Å²) in [7, 11) is 1.23. The Balaban J connectivity index is 1.80. The summed E-state index contributed by atoms with van der Waals surface area (Å²) in [6.07, 6.45) is 3.60. The summed E-state index contributed by atoms with van der Waals surface area (Å²) in [5.41, 5.74) is 0.297. The first-order valence-corrected chi connectivity index (χ1v) is 11.3. The first-order valence-electron chi connectivity index (χ1n) is 11.3. The highest BCUT2D eigenvalue weighted by molar-refractivity contribution is 6.06. The Bertz CT molecular complexity index is 1440. The Morgan fingerprint density at radius 3 is 2.47 bits per heavy atom. The predicted octanol–water partition coefficient (Wildman–Crippen LogP) is 4.53. The van der Waals surface area contributed by atoms with E-state index in [0.29, 0.717) is 11.3 Å². The minimum absolute atomic E-state index is 0.125. The van der Waals surface area contributed by atoms with Crippen LogP contribution in [0.2, 0.25) is 0 Å². The molecule has 1 saturated heterocycles. The molecule has 3 aromatic carbocycles. The highest BCUT2D eigenvalue weighted by atomic mass is 16.6. The van der Waals surface area contributed by atoms with E-state index in [0.717, 1.165) is 5.56 Å². The fourth-order valence-corrected chi connectivity index (χ4v) is 5.51. The molecule has 0 bridgehead atoms. The van der Waals surface area contributed by atoms with Crippen LogP contribution in [0.5, 0.6) is 0 Å². The van der Waals surface area contributed by atoms with Crippen LogP contribution in [0.3, 0.4) is 0 Å². The van der Waals surface area contributed by atoms with E-state index in [-0.39, 0.29) is 11.3 Å². The summed E-state index contributed by atoms with van der Waals surface area (Å²) >= 11 is 0. The van der Waals surface area contributed by atoms with E-state index in [2.05, 4.69) is 6.07 Å². The second-order valence-electron chi connectivity index (χ2n) is 8.75. The molecule has 0 spiro atoms. The number of rotatable bonds is 5. The maximum Gasteiger partial charge on any atom is 0.329 e. The number of nitriles is 1. The van der Waals surface area contributed by atoms with E-state index in [1.165, 1.54) is 31.4 Å². The van der Waals surface area contributed by atoms with Crippen LogP contribution >= 0.6 is 0 Å². The van der Waals surface area contributed by atoms with Gasteiger partial charge in [-0.15, -0.1) is 0 Å². The van der Waals surface area contributed by atoms with E-state index in [1.807, 2.05) is 36.4 Å². The number of hydrogen-bond donors (Lipinski definition) is 0. The average Bonchev–Trinajstić information content (AvgIpc) is 3.24. The summed E-state index contributed by atoms with van der Waals surface area (Å²) in [5.74, 6) is -2.08. The SMILES string of the molecule is COC(=O)[C@]1(C#N)[C@H](c2ccccc2)[C@@H](C(=O)c2cccc([N+](=O)[O-])c2)N2c3ccccc3C=C[C@H]21. The standard InChI is InChI=1S/C28H21N3O5/c1-36-27(33)28(17-29)23-15-14-18-8-5-6-13-22(18)30(23)25(24(28)19-9-3-2-4-10-19)26(32)20-11-7-12-21(16-20)31(34)35/h2-16,23-25H,1H3/t23-,24+,25-,28-/m0/s1. The summed E-state index contributed by atoms with van der Waals surface area (Å²) in [6.45, 7) is 0. The average molecular weight is 479 g/mol. The van der Waals surface area contributed by atoms with Crippen molar-refractivity contribution in [3.63, 3.8) is 0 Å². The molecule has 0 unspecified atom stereocenters. The first-order chi connectivity index (χ1) is 17.4. The normalized spacial score (nSPS) is 23.8. The van der Waals surface area contributed by atoms with Crippen LogP contribution in [0.15, 0.2) is 84.9 Å². The van der Waals surface area contributed by atoms with Gasteiger partial charge >= 0.3 is 5.97 Å². The molecule has 178 valence electrons. The Hall–Kier alpha value is -4.77. The third-order valence-corrected chi connectivity index (χ3v) is 7.02. The zero-order valence-corrected chi connectivity index (χ0v) is 19.3. The van der Waals surface area contributed by atoms with Crippen molar-refractivity contribution in [2.24, 2.45) is 5.41 Å². The van der Waals surface area contributed by atoms with Gasteiger partial charge in [0.2, 0.25) is 0 Å². The number of nitro groups is 1. The van der Waals surface area contributed by atoms with Crippen molar-refractivity contribution in [3.05, 3.63) is 112 Å². The monoisotopic (exact) mass is 479 g/mol. The lowest BCUT2D eigenvalue weighted by molar-refractivity contribution is -0.384. The molecule has 2 aliphatic rings. The summed E-state index contributed by atoms with van der Waals surface area (Å²) in [6, 6.07) is 22.3. The molecule has 0 saturated carbocycles. The number of methoxy groups -OCH3 is 1. The van der Waals surface area contributed by atoms with Gasteiger partial charge in [0.05, 0.1) is 24.1 Å². The lowest BCUT2D eigenvalue weighted by atomic mass is 9.68. The third-order valence-electron chi connectivity index (χ3n) is 7.02. The number of para-hydroxylation sites is 1. The van der Waals surface area contributed by atoms with E-state index in [4.69, 9.17) is 4.74 Å². The molecule has 0 radical (unpaired) electrons. The number of carbonyl (C=O) groups is 2. The van der Waals surface area contributed by atoms with Gasteiger partial charge in [0.25, 0.3) is 5.69 Å². The number of Topliss-reactive ketones (excluding diaryl/α,β-unsaturated/α-hetero) is 1. The number of anilines is 1. The van der Waals surface area contributed by atoms with Crippen LogP contribution in [-0.2, 0) is 9.53 Å². The minimum atomic E-state index is -1.75. The summed E-state index contributed by atoms with van der Waals surface area (Å²) in [5, 5.41) is 22.0. The Kier molecular flexibility index (Phi) is 5.61. The van der Waals surface area contributed by atoms with Gasteiger partial charge in [-0.05, 0) is 17.2 Å². The van der Waals surface area contributed by atoms with Gasteiger partial charge in [-0.3, -0.25) is 19.7 Å². The van der Waals surface area contributed by atoms with E-state index < -0.39 is 40.1 Å². The predicted molar refractivity (Wildman–Crippen MR) is 132 cm³/mol. The van der Waals surface area contributed by atoms with E-state index >= 15 is 0 Å². The number of esters is 1. The van der Waals surface area contributed by atoms with Crippen LogP contribution in [0.1, 0.15) is 27.4 Å². The van der Waals surface area contributed by atoms with E-state index in [9.17, 15) is 25.0 Å². The van der Waals surface area contributed by atoms with Crippen molar-refractivity contribution in [3.8, 4) is 6.07 Å². The smallest absolute Gasteiger partial charge is 0.329 e. The molecule has 3 aromatic rings. The van der Waals surface area contributed by atoms with Gasteiger partial charge in [0.1, 0.15) is 6.04 Å². The molecule has 0 amide bonds. The van der Waals surface area contributed by atoms with Crippen LogP contribution in [0.25, 0.3) is 6.08 Å². The molecule has 5 rings (SSSR count). The highest BCUT2D eigenvalue weighted by Crippen LogP contribution is 2.56. The Morgan fingerprint density at radius 1 is 1.06 bits per heavy atom. The van der Waals surface area contributed by atoms with Crippen LogP contribution in [-0.4, -0.2) is 35.9 Å². The van der Waals surface area contributed by atoms with Gasteiger partial charge in [-0.2, -0.15) is 5.26 Å². The van der Waals surface area contributed by atoms with Crippen molar-refractivity contribution >= 4 is 29.2 Å². The number of ether oxygens (including phenoxy) is 1. The second-order valence-corrected chi connectivity index (χ2v) is 8.75. The largest absolute Gasteiger partial charge is 0.468 e.